The van der Waals surface area contributed by atoms with Gasteiger partial charge in [0, 0.05) is 12.1 Å². The van der Waals surface area contributed by atoms with Gasteiger partial charge >= 0.3 is 0 Å². The monoisotopic (exact) mass is 412 g/mol. The molecule has 0 aliphatic heterocycles. The Kier molecular flexibility index (Phi) is 4.33. The molecule has 1 heterocycles. The number of non-ortho nitro benzene ring substituents is 1. The number of hydrogen-bond donors (Lipinski definition) is 0. The van der Waals surface area contributed by atoms with Crippen LogP contribution in [0.15, 0.2) is 87.4 Å². The fourth-order valence-corrected chi connectivity index (χ4v) is 5.05. The summed E-state index contributed by atoms with van der Waals surface area (Å²) in [7, 11) is -3.82. The van der Waals surface area contributed by atoms with Crippen LogP contribution in [0.2, 0.25) is 0 Å². The van der Waals surface area contributed by atoms with Gasteiger partial charge in [-0.15, -0.1) is 0 Å². The number of nitrogens with zero attached hydrogens (tertiary/aromatic N) is 2. The standard InChI is InChI=1S/C19H12N2O5S2/c22-19-17-3-1-2-4-18(17)27-20(19)13-5-9-15(10-6-13)28(25,26)16-11-7-14(8-12-16)21(23)24/h1-12H. The van der Waals surface area contributed by atoms with Crippen molar-refractivity contribution in [3.05, 3.63) is 93.3 Å². The Bertz CT molecular complexity index is 1350. The molecule has 0 fully saturated rings. The third-order valence-electron chi connectivity index (χ3n) is 4.23. The van der Waals surface area contributed by atoms with Crippen LogP contribution in [-0.4, -0.2) is 17.3 Å². The fourth-order valence-electron chi connectivity index (χ4n) is 2.79. The fraction of sp³-hybridized carbons (Fsp3) is 0. The zero-order valence-corrected chi connectivity index (χ0v) is 15.8. The third kappa shape index (κ3) is 3.00. The lowest BCUT2D eigenvalue weighted by molar-refractivity contribution is -0.384. The van der Waals surface area contributed by atoms with E-state index >= 15 is 0 Å². The van der Waals surface area contributed by atoms with Crippen molar-refractivity contribution in [1.29, 1.82) is 0 Å². The molecule has 0 aliphatic rings. The summed E-state index contributed by atoms with van der Waals surface area (Å²) in [6.07, 6.45) is 0. The van der Waals surface area contributed by atoms with Gasteiger partial charge in [-0.2, -0.15) is 0 Å². The van der Waals surface area contributed by atoms with E-state index in [9.17, 15) is 23.3 Å². The van der Waals surface area contributed by atoms with E-state index in [1.807, 2.05) is 12.1 Å². The molecule has 0 N–H and O–H groups in total. The van der Waals surface area contributed by atoms with E-state index in [1.54, 1.807) is 24.3 Å². The SMILES string of the molecule is O=c1c2ccccc2sn1-c1ccc(S(=O)(=O)c2ccc([N+](=O)[O-])cc2)cc1. The smallest absolute Gasteiger partial charge is 0.267 e. The lowest BCUT2D eigenvalue weighted by Crippen LogP contribution is -2.11. The van der Waals surface area contributed by atoms with Crippen LogP contribution in [0.1, 0.15) is 0 Å². The molecule has 7 nitrogen and oxygen atoms in total. The van der Waals surface area contributed by atoms with Crippen LogP contribution < -0.4 is 5.56 Å². The van der Waals surface area contributed by atoms with Crippen LogP contribution >= 0.6 is 11.5 Å². The molecule has 3 aromatic carbocycles. The molecule has 0 saturated carbocycles. The normalized spacial score (nSPS) is 11.6. The molecule has 0 bridgehead atoms. The number of fused-ring (bicyclic) bond motifs is 1. The van der Waals surface area contributed by atoms with Crippen LogP contribution in [0, 0.1) is 10.1 Å². The van der Waals surface area contributed by atoms with Gasteiger partial charge in [-0.3, -0.25) is 14.9 Å². The summed E-state index contributed by atoms with van der Waals surface area (Å²) in [6.45, 7) is 0. The Morgan fingerprint density at radius 2 is 1.43 bits per heavy atom. The first kappa shape index (κ1) is 18.1. The maximum Gasteiger partial charge on any atom is 0.273 e. The quantitative estimate of drug-likeness (QED) is 0.375. The van der Waals surface area contributed by atoms with Gasteiger partial charge in [-0.25, -0.2) is 12.4 Å². The highest BCUT2D eigenvalue weighted by atomic mass is 32.2. The van der Waals surface area contributed by atoms with E-state index in [2.05, 4.69) is 0 Å². The number of rotatable bonds is 4. The van der Waals surface area contributed by atoms with E-state index in [0.717, 1.165) is 16.8 Å². The predicted octanol–water partition coefficient (Wildman–Crippen LogP) is 3.79. The van der Waals surface area contributed by atoms with Crippen LogP contribution in [-0.2, 0) is 9.84 Å². The molecule has 0 atom stereocenters. The largest absolute Gasteiger partial charge is 0.273 e. The minimum Gasteiger partial charge on any atom is -0.267 e. The minimum absolute atomic E-state index is 0.0371. The van der Waals surface area contributed by atoms with Gasteiger partial charge in [0.05, 0.1) is 30.5 Å². The predicted molar refractivity (Wildman–Crippen MR) is 106 cm³/mol. The van der Waals surface area contributed by atoms with Crippen molar-refractivity contribution in [3.63, 3.8) is 0 Å². The average molecular weight is 412 g/mol. The van der Waals surface area contributed by atoms with Gasteiger partial charge in [0.1, 0.15) is 0 Å². The molecular weight excluding hydrogens is 400 g/mol. The van der Waals surface area contributed by atoms with Crippen molar-refractivity contribution in [1.82, 2.24) is 3.96 Å². The number of sulfone groups is 1. The van der Waals surface area contributed by atoms with Crippen molar-refractivity contribution in [3.8, 4) is 5.69 Å². The number of nitro benzene ring substituents is 1. The van der Waals surface area contributed by atoms with Crippen LogP contribution in [0.5, 0.6) is 0 Å². The molecule has 28 heavy (non-hydrogen) atoms. The lowest BCUT2D eigenvalue weighted by atomic mass is 10.3. The van der Waals surface area contributed by atoms with Crippen molar-refractivity contribution in [2.24, 2.45) is 0 Å². The van der Waals surface area contributed by atoms with Crippen LogP contribution in [0.3, 0.4) is 0 Å². The van der Waals surface area contributed by atoms with Gasteiger partial charge in [-0.05, 0) is 48.5 Å². The van der Waals surface area contributed by atoms with Gasteiger partial charge < -0.3 is 0 Å². The second-order valence-electron chi connectivity index (χ2n) is 5.94. The molecule has 9 heteroatoms. The van der Waals surface area contributed by atoms with Crippen molar-refractivity contribution in [2.45, 2.75) is 9.79 Å². The van der Waals surface area contributed by atoms with E-state index in [-0.39, 0.29) is 21.0 Å². The molecule has 0 amide bonds. The zero-order chi connectivity index (χ0) is 19.9. The summed E-state index contributed by atoms with van der Waals surface area (Å²) in [5.74, 6) is 0. The highest BCUT2D eigenvalue weighted by molar-refractivity contribution is 7.91. The summed E-state index contributed by atoms with van der Waals surface area (Å²) in [4.78, 5) is 22.7. The number of hydrogen-bond acceptors (Lipinski definition) is 6. The Morgan fingerprint density at radius 3 is 2.00 bits per heavy atom. The zero-order valence-electron chi connectivity index (χ0n) is 14.2. The first-order chi connectivity index (χ1) is 13.4. The second kappa shape index (κ2) is 6.70. The van der Waals surface area contributed by atoms with Gasteiger partial charge in [0.2, 0.25) is 9.84 Å². The highest BCUT2D eigenvalue weighted by Gasteiger charge is 2.19. The number of benzene rings is 3. The molecule has 4 rings (SSSR count). The minimum atomic E-state index is -3.82. The van der Waals surface area contributed by atoms with Crippen LogP contribution in [0.25, 0.3) is 15.8 Å². The lowest BCUT2D eigenvalue weighted by Gasteiger charge is -2.06. The molecule has 1 aromatic heterocycles. The summed E-state index contributed by atoms with van der Waals surface area (Å²) < 4.78 is 27.8. The summed E-state index contributed by atoms with van der Waals surface area (Å²) >= 11 is 1.28. The highest BCUT2D eigenvalue weighted by Crippen LogP contribution is 2.25. The topological polar surface area (TPSA) is 99.3 Å². The Morgan fingerprint density at radius 1 is 0.857 bits per heavy atom. The molecule has 4 aromatic rings. The maximum absolute atomic E-state index is 12.7. The number of nitro groups is 1. The van der Waals surface area contributed by atoms with E-state index in [4.69, 9.17) is 0 Å². The van der Waals surface area contributed by atoms with E-state index in [1.165, 1.54) is 39.8 Å². The number of aromatic nitrogens is 1. The molecule has 0 spiro atoms. The van der Waals surface area contributed by atoms with E-state index in [0.29, 0.717) is 11.1 Å². The molecule has 0 unspecified atom stereocenters. The second-order valence-corrected chi connectivity index (χ2v) is 8.87. The van der Waals surface area contributed by atoms with E-state index < -0.39 is 14.8 Å². The Balaban J connectivity index is 1.71. The Labute approximate surface area is 163 Å². The molecule has 140 valence electrons. The molecule has 0 radical (unpaired) electrons. The molecule has 0 saturated heterocycles. The maximum atomic E-state index is 12.7. The Hall–Kier alpha value is -3.30. The van der Waals surface area contributed by atoms with Crippen molar-refractivity contribution in [2.75, 3.05) is 0 Å². The first-order valence-corrected chi connectivity index (χ1v) is 10.3. The summed E-state index contributed by atoms with van der Waals surface area (Å²) in [5, 5.41) is 11.3. The van der Waals surface area contributed by atoms with Crippen molar-refractivity contribution < 1.29 is 13.3 Å². The first-order valence-electron chi connectivity index (χ1n) is 8.09. The van der Waals surface area contributed by atoms with Gasteiger partial charge in [-0.1, -0.05) is 23.7 Å². The molecular formula is C19H12N2O5S2. The average Bonchev–Trinajstić information content (AvgIpc) is 3.05. The van der Waals surface area contributed by atoms with Gasteiger partial charge in [0.15, 0.2) is 0 Å². The summed E-state index contributed by atoms with van der Waals surface area (Å²) in [6, 6.07) is 17.9. The van der Waals surface area contributed by atoms with Crippen molar-refractivity contribution >= 4 is 37.1 Å². The molecule has 0 aliphatic carbocycles. The van der Waals surface area contributed by atoms with Crippen LogP contribution in [0.4, 0.5) is 5.69 Å². The third-order valence-corrected chi connectivity index (χ3v) is 7.13. The van der Waals surface area contributed by atoms with Gasteiger partial charge in [0.25, 0.3) is 11.2 Å². The summed E-state index contributed by atoms with van der Waals surface area (Å²) in [5.41, 5.74) is 0.221.